The zero-order chi connectivity index (χ0) is 14.2. The summed E-state index contributed by atoms with van der Waals surface area (Å²) < 4.78 is 0. The standard InChI is InChI=1S/C17H21NOS/c1-14(13-16-10-6-12-20-16)18-17(19)11-5-9-15-7-3-2-4-8-15/h2-4,6-8,10,12,14H,5,9,11,13H2,1H3,(H,18,19)/t14-/m0/s1. The van der Waals surface area contributed by atoms with E-state index in [4.69, 9.17) is 0 Å². The number of carbonyl (C=O) groups excluding carboxylic acids is 1. The predicted octanol–water partition coefficient (Wildman–Crippen LogP) is 3.82. The third-order valence-corrected chi connectivity index (χ3v) is 4.11. The van der Waals surface area contributed by atoms with E-state index < -0.39 is 0 Å². The molecule has 0 aliphatic heterocycles. The van der Waals surface area contributed by atoms with Gasteiger partial charge in [-0.05, 0) is 36.8 Å². The van der Waals surface area contributed by atoms with E-state index in [1.165, 1.54) is 10.4 Å². The maximum atomic E-state index is 11.9. The molecule has 2 nitrogen and oxygen atoms in total. The minimum absolute atomic E-state index is 0.157. The Labute approximate surface area is 124 Å². The number of rotatable bonds is 7. The average molecular weight is 287 g/mol. The second-order valence-corrected chi connectivity index (χ2v) is 6.12. The van der Waals surface area contributed by atoms with E-state index in [0.717, 1.165) is 19.3 Å². The molecular formula is C17H21NOS. The minimum atomic E-state index is 0.157. The van der Waals surface area contributed by atoms with Crippen LogP contribution >= 0.6 is 11.3 Å². The fourth-order valence-electron chi connectivity index (χ4n) is 2.23. The van der Waals surface area contributed by atoms with Crippen molar-refractivity contribution in [2.45, 2.75) is 38.6 Å². The Morgan fingerprint density at radius 2 is 2.00 bits per heavy atom. The molecule has 0 bridgehead atoms. The molecule has 1 aromatic heterocycles. The van der Waals surface area contributed by atoms with Crippen molar-refractivity contribution < 1.29 is 4.79 Å². The van der Waals surface area contributed by atoms with Gasteiger partial charge in [0, 0.05) is 23.8 Å². The molecule has 0 unspecified atom stereocenters. The summed E-state index contributed by atoms with van der Waals surface area (Å²) in [6.07, 6.45) is 3.39. The summed E-state index contributed by atoms with van der Waals surface area (Å²) >= 11 is 1.74. The number of benzene rings is 1. The van der Waals surface area contributed by atoms with Crippen LogP contribution in [0.25, 0.3) is 0 Å². The Balaban J connectivity index is 1.65. The molecule has 0 saturated heterocycles. The van der Waals surface area contributed by atoms with E-state index in [0.29, 0.717) is 6.42 Å². The largest absolute Gasteiger partial charge is 0.353 e. The molecule has 1 aromatic carbocycles. The molecule has 1 heterocycles. The second-order valence-electron chi connectivity index (χ2n) is 5.09. The van der Waals surface area contributed by atoms with Gasteiger partial charge in [0.25, 0.3) is 0 Å². The highest BCUT2D eigenvalue weighted by Crippen LogP contribution is 2.11. The Bertz CT molecular complexity index is 507. The van der Waals surface area contributed by atoms with Crippen LogP contribution in [0, 0.1) is 0 Å². The molecule has 0 spiro atoms. The van der Waals surface area contributed by atoms with Crippen LogP contribution in [0.2, 0.25) is 0 Å². The third-order valence-electron chi connectivity index (χ3n) is 3.21. The van der Waals surface area contributed by atoms with Gasteiger partial charge in [-0.3, -0.25) is 4.79 Å². The van der Waals surface area contributed by atoms with Crippen molar-refractivity contribution in [3.8, 4) is 0 Å². The fraction of sp³-hybridized carbons (Fsp3) is 0.353. The van der Waals surface area contributed by atoms with E-state index in [1.54, 1.807) is 11.3 Å². The highest BCUT2D eigenvalue weighted by atomic mass is 32.1. The first-order valence-corrected chi connectivity index (χ1v) is 7.97. The number of amides is 1. The first-order valence-electron chi connectivity index (χ1n) is 7.09. The lowest BCUT2D eigenvalue weighted by Gasteiger charge is -2.12. The summed E-state index contributed by atoms with van der Waals surface area (Å²) in [7, 11) is 0. The zero-order valence-electron chi connectivity index (χ0n) is 11.8. The molecule has 1 N–H and O–H groups in total. The number of aryl methyl sites for hydroxylation is 1. The Hall–Kier alpha value is -1.61. The normalized spacial score (nSPS) is 12.1. The third kappa shape index (κ3) is 5.17. The molecule has 0 fully saturated rings. The van der Waals surface area contributed by atoms with E-state index in [9.17, 15) is 4.79 Å². The van der Waals surface area contributed by atoms with Gasteiger partial charge in [-0.25, -0.2) is 0 Å². The summed E-state index contributed by atoms with van der Waals surface area (Å²) in [6, 6.07) is 14.7. The Morgan fingerprint density at radius 3 is 2.70 bits per heavy atom. The van der Waals surface area contributed by atoms with Crippen molar-refractivity contribution in [1.82, 2.24) is 5.32 Å². The SMILES string of the molecule is C[C@@H](Cc1cccs1)NC(=O)CCCc1ccccc1. The summed E-state index contributed by atoms with van der Waals surface area (Å²) in [5.41, 5.74) is 1.30. The Morgan fingerprint density at radius 1 is 1.20 bits per heavy atom. The second kappa shape index (κ2) is 7.85. The van der Waals surface area contributed by atoms with E-state index >= 15 is 0 Å². The molecule has 0 saturated carbocycles. The van der Waals surface area contributed by atoms with Crippen molar-refractivity contribution in [1.29, 1.82) is 0 Å². The topological polar surface area (TPSA) is 29.1 Å². The lowest BCUT2D eigenvalue weighted by atomic mass is 10.1. The molecule has 1 atom stereocenters. The van der Waals surface area contributed by atoms with Gasteiger partial charge >= 0.3 is 0 Å². The lowest BCUT2D eigenvalue weighted by Crippen LogP contribution is -2.33. The highest BCUT2D eigenvalue weighted by Gasteiger charge is 2.08. The molecule has 0 aliphatic carbocycles. The minimum Gasteiger partial charge on any atom is -0.353 e. The molecule has 0 aliphatic rings. The van der Waals surface area contributed by atoms with E-state index in [-0.39, 0.29) is 11.9 Å². The van der Waals surface area contributed by atoms with Crippen LogP contribution in [0.5, 0.6) is 0 Å². The lowest BCUT2D eigenvalue weighted by molar-refractivity contribution is -0.121. The maximum Gasteiger partial charge on any atom is 0.220 e. The van der Waals surface area contributed by atoms with Gasteiger partial charge in [-0.2, -0.15) is 0 Å². The van der Waals surface area contributed by atoms with Crippen LogP contribution in [0.3, 0.4) is 0 Å². The molecule has 2 aromatic rings. The smallest absolute Gasteiger partial charge is 0.220 e. The zero-order valence-corrected chi connectivity index (χ0v) is 12.7. The number of hydrogen-bond acceptors (Lipinski definition) is 2. The quantitative estimate of drug-likeness (QED) is 0.824. The van der Waals surface area contributed by atoms with E-state index in [1.807, 2.05) is 18.2 Å². The molecule has 0 radical (unpaired) electrons. The van der Waals surface area contributed by atoms with Crippen LogP contribution in [-0.2, 0) is 17.6 Å². The first-order chi connectivity index (χ1) is 9.74. The van der Waals surface area contributed by atoms with Crippen molar-refractivity contribution >= 4 is 17.2 Å². The highest BCUT2D eigenvalue weighted by molar-refractivity contribution is 7.09. The van der Waals surface area contributed by atoms with E-state index in [2.05, 4.69) is 41.9 Å². The number of hydrogen-bond donors (Lipinski definition) is 1. The van der Waals surface area contributed by atoms with Gasteiger partial charge in [0.05, 0.1) is 0 Å². The van der Waals surface area contributed by atoms with Crippen molar-refractivity contribution in [2.24, 2.45) is 0 Å². The van der Waals surface area contributed by atoms with Crippen LogP contribution in [-0.4, -0.2) is 11.9 Å². The van der Waals surface area contributed by atoms with Gasteiger partial charge < -0.3 is 5.32 Å². The molecule has 2 rings (SSSR count). The van der Waals surface area contributed by atoms with Gasteiger partial charge in [0.1, 0.15) is 0 Å². The number of nitrogens with one attached hydrogen (secondary N) is 1. The van der Waals surface area contributed by atoms with Crippen LogP contribution in [0.1, 0.15) is 30.2 Å². The molecule has 1 amide bonds. The monoisotopic (exact) mass is 287 g/mol. The number of carbonyl (C=O) groups is 1. The van der Waals surface area contributed by atoms with Gasteiger partial charge in [0.15, 0.2) is 0 Å². The van der Waals surface area contributed by atoms with Crippen LogP contribution < -0.4 is 5.32 Å². The van der Waals surface area contributed by atoms with Crippen molar-refractivity contribution in [3.05, 3.63) is 58.3 Å². The maximum absolute atomic E-state index is 11.9. The summed E-state index contributed by atoms with van der Waals surface area (Å²) in [4.78, 5) is 13.2. The molecule has 20 heavy (non-hydrogen) atoms. The van der Waals surface area contributed by atoms with Crippen molar-refractivity contribution in [2.75, 3.05) is 0 Å². The van der Waals surface area contributed by atoms with Gasteiger partial charge in [-0.15, -0.1) is 11.3 Å². The average Bonchev–Trinajstić information content (AvgIpc) is 2.92. The van der Waals surface area contributed by atoms with Gasteiger partial charge in [0.2, 0.25) is 5.91 Å². The first kappa shape index (κ1) is 14.8. The summed E-state index contributed by atoms with van der Waals surface area (Å²) in [6.45, 7) is 2.06. The fourth-order valence-corrected chi connectivity index (χ4v) is 3.06. The number of thiophene rings is 1. The van der Waals surface area contributed by atoms with Gasteiger partial charge in [-0.1, -0.05) is 36.4 Å². The summed E-state index contributed by atoms with van der Waals surface area (Å²) in [5, 5.41) is 5.15. The molecule has 3 heteroatoms. The van der Waals surface area contributed by atoms with Crippen LogP contribution in [0.4, 0.5) is 0 Å². The summed E-state index contributed by atoms with van der Waals surface area (Å²) in [5.74, 6) is 0.157. The molecular weight excluding hydrogens is 266 g/mol. The molecule has 106 valence electrons. The van der Waals surface area contributed by atoms with Crippen LogP contribution in [0.15, 0.2) is 47.8 Å². The Kier molecular flexibility index (Phi) is 5.81. The van der Waals surface area contributed by atoms with Crippen molar-refractivity contribution in [3.63, 3.8) is 0 Å². The predicted molar refractivity (Wildman–Crippen MR) is 85.0 cm³/mol.